The molecule has 3 rings (SSSR count). The second-order valence-corrected chi connectivity index (χ2v) is 6.23. The maximum absolute atomic E-state index is 12.5. The van der Waals surface area contributed by atoms with Crippen LogP contribution in [0.4, 0.5) is 0 Å². The van der Waals surface area contributed by atoms with Gasteiger partial charge < -0.3 is 4.90 Å². The van der Waals surface area contributed by atoms with Crippen LogP contribution in [-0.4, -0.2) is 23.4 Å². The zero-order valence-corrected chi connectivity index (χ0v) is 12.4. The van der Waals surface area contributed by atoms with Gasteiger partial charge in [0.05, 0.1) is 6.04 Å². The van der Waals surface area contributed by atoms with Gasteiger partial charge in [0, 0.05) is 6.54 Å². The summed E-state index contributed by atoms with van der Waals surface area (Å²) in [6.45, 7) is 5.09. The molecule has 0 bridgehead atoms. The van der Waals surface area contributed by atoms with Crippen molar-refractivity contribution >= 4 is 5.91 Å². The Kier molecular flexibility index (Phi) is 3.79. The average Bonchev–Trinajstić information content (AvgIpc) is 2.71. The van der Waals surface area contributed by atoms with E-state index in [9.17, 15) is 4.79 Å². The summed E-state index contributed by atoms with van der Waals surface area (Å²) in [4.78, 5) is 14.6. The Balaban J connectivity index is 1.81. The van der Waals surface area contributed by atoms with Crippen molar-refractivity contribution in [2.24, 2.45) is 5.92 Å². The predicted octanol–water partition coefficient (Wildman–Crippen LogP) is 3.00. The van der Waals surface area contributed by atoms with Crippen molar-refractivity contribution in [1.29, 1.82) is 0 Å². The van der Waals surface area contributed by atoms with Crippen LogP contribution in [0.2, 0.25) is 0 Å². The third-order valence-corrected chi connectivity index (χ3v) is 4.73. The number of carbonyl (C=O) groups excluding carboxylic acids is 1. The number of benzene rings is 1. The molecule has 1 saturated carbocycles. The van der Waals surface area contributed by atoms with Gasteiger partial charge in [0.2, 0.25) is 5.91 Å². The van der Waals surface area contributed by atoms with E-state index in [0.29, 0.717) is 5.92 Å². The summed E-state index contributed by atoms with van der Waals surface area (Å²) in [5.74, 6) is 0.995. The van der Waals surface area contributed by atoms with Crippen LogP contribution >= 0.6 is 0 Å². The van der Waals surface area contributed by atoms with Gasteiger partial charge in [-0.15, -0.1) is 0 Å². The number of nitrogens with zero attached hydrogens (tertiary/aromatic N) is 1. The van der Waals surface area contributed by atoms with Gasteiger partial charge in [0.15, 0.2) is 0 Å². The molecule has 1 aromatic carbocycles. The van der Waals surface area contributed by atoms with Gasteiger partial charge in [-0.05, 0) is 37.7 Å². The third-order valence-electron chi connectivity index (χ3n) is 4.73. The van der Waals surface area contributed by atoms with Crippen molar-refractivity contribution in [2.75, 3.05) is 6.54 Å². The third kappa shape index (κ3) is 2.47. The normalized spacial score (nSPS) is 26.9. The molecule has 3 nitrogen and oxygen atoms in total. The monoisotopic (exact) mass is 272 g/mol. The lowest BCUT2D eigenvalue weighted by molar-refractivity contribution is -0.131. The molecule has 3 heteroatoms. The summed E-state index contributed by atoms with van der Waals surface area (Å²) < 4.78 is 0. The molecule has 1 aliphatic heterocycles. The van der Waals surface area contributed by atoms with Crippen molar-refractivity contribution in [3.8, 4) is 0 Å². The van der Waals surface area contributed by atoms with Gasteiger partial charge in [-0.1, -0.05) is 43.2 Å². The molecule has 20 heavy (non-hydrogen) atoms. The molecule has 108 valence electrons. The summed E-state index contributed by atoms with van der Waals surface area (Å²) in [5, 5.41) is 3.51. The van der Waals surface area contributed by atoms with Crippen LogP contribution in [0, 0.1) is 12.8 Å². The quantitative estimate of drug-likeness (QED) is 0.914. The van der Waals surface area contributed by atoms with Crippen LogP contribution in [0.5, 0.6) is 0 Å². The lowest BCUT2D eigenvalue weighted by Crippen LogP contribution is -2.37. The second-order valence-electron chi connectivity index (χ2n) is 6.23. The maximum Gasteiger partial charge on any atom is 0.241 e. The smallest absolute Gasteiger partial charge is 0.241 e. The van der Waals surface area contributed by atoms with E-state index < -0.39 is 0 Å². The minimum atomic E-state index is -0.0126. The second kappa shape index (κ2) is 5.57. The topological polar surface area (TPSA) is 32.3 Å². The van der Waals surface area contributed by atoms with Crippen LogP contribution in [0.1, 0.15) is 49.9 Å². The van der Waals surface area contributed by atoms with E-state index in [1.165, 1.54) is 30.4 Å². The molecule has 1 N–H and O–H groups in total. The van der Waals surface area contributed by atoms with E-state index in [1.807, 2.05) is 0 Å². The summed E-state index contributed by atoms with van der Waals surface area (Å²) in [7, 11) is 0. The van der Waals surface area contributed by atoms with E-state index in [4.69, 9.17) is 0 Å². The first-order valence-corrected chi connectivity index (χ1v) is 7.82. The molecule has 2 atom stereocenters. The summed E-state index contributed by atoms with van der Waals surface area (Å²) >= 11 is 0. The largest absolute Gasteiger partial charge is 0.321 e. The minimum absolute atomic E-state index is 0.0126. The van der Waals surface area contributed by atoms with Crippen LogP contribution < -0.4 is 5.32 Å². The number of carbonyl (C=O) groups is 1. The van der Waals surface area contributed by atoms with Crippen molar-refractivity contribution in [1.82, 2.24) is 10.2 Å². The van der Waals surface area contributed by atoms with Crippen molar-refractivity contribution in [3.63, 3.8) is 0 Å². The number of hydrogen-bond acceptors (Lipinski definition) is 2. The molecule has 0 radical (unpaired) electrons. The van der Waals surface area contributed by atoms with Gasteiger partial charge >= 0.3 is 0 Å². The van der Waals surface area contributed by atoms with E-state index in [0.717, 1.165) is 13.0 Å². The van der Waals surface area contributed by atoms with Crippen LogP contribution in [0.15, 0.2) is 24.3 Å². The molecule has 1 aromatic rings. The number of amides is 1. The number of nitrogens with one attached hydrogen (secondary N) is 1. The van der Waals surface area contributed by atoms with Crippen molar-refractivity contribution in [3.05, 3.63) is 35.4 Å². The molecule has 0 aromatic heterocycles. The Morgan fingerprint density at radius 2 is 1.95 bits per heavy atom. The highest BCUT2D eigenvalue weighted by Crippen LogP contribution is 2.33. The lowest BCUT2D eigenvalue weighted by atomic mass is 9.85. The first kappa shape index (κ1) is 13.6. The molecule has 2 aliphatic rings. The Hall–Kier alpha value is -1.35. The number of rotatable bonds is 4. The Bertz CT molecular complexity index is 478. The van der Waals surface area contributed by atoms with E-state index >= 15 is 0 Å². The summed E-state index contributed by atoms with van der Waals surface area (Å²) in [5.41, 5.74) is 2.47. The van der Waals surface area contributed by atoms with Crippen LogP contribution in [0.25, 0.3) is 0 Å². The molecule has 2 fully saturated rings. The SMILES string of the molecule is CCC1NC(c2ccc(C)cc2)N(CC2CCC2)C1=O. The van der Waals surface area contributed by atoms with Gasteiger partial charge in [0.25, 0.3) is 0 Å². The predicted molar refractivity (Wildman–Crippen MR) is 80.2 cm³/mol. The zero-order chi connectivity index (χ0) is 14.1. The molecule has 2 unspecified atom stereocenters. The number of aryl methyl sites for hydroxylation is 1. The van der Waals surface area contributed by atoms with Crippen LogP contribution in [-0.2, 0) is 4.79 Å². The van der Waals surface area contributed by atoms with Crippen LogP contribution in [0.3, 0.4) is 0 Å². The van der Waals surface area contributed by atoms with Gasteiger partial charge in [-0.2, -0.15) is 0 Å². The highest BCUT2D eigenvalue weighted by molar-refractivity contribution is 5.84. The Morgan fingerprint density at radius 1 is 1.25 bits per heavy atom. The zero-order valence-electron chi connectivity index (χ0n) is 12.4. The van der Waals surface area contributed by atoms with Gasteiger partial charge in [0.1, 0.15) is 6.17 Å². The average molecular weight is 272 g/mol. The van der Waals surface area contributed by atoms with E-state index in [1.54, 1.807) is 0 Å². The molecule has 0 spiro atoms. The van der Waals surface area contributed by atoms with Crippen molar-refractivity contribution < 1.29 is 4.79 Å². The van der Waals surface area contributed by atoms with E-state index in [-0.39, 0.29) is 18.1 Å². The fraction of sp³-hybridized carbons (Fsp3) is 0.588. The first-order valence-electron chi connectivity index (χ1n) is 7.82. The summed E-state index contributed by atoms with van der Waals surface area (Å²) in [6, 6.07) is 8.53. The molecule has 1 heterocycles. The lowest BCUT2D eigenvalue weighted by Gasteiger charge is -2.33. The van der Waals surface area contributed by atoms with Gasteiger partial charge in [-0.25, -0.2) is 0 Å². The maximum atomic E-state index is 12.5. The highest BCUT2D eigenvalue weighted by Gasteiger charge is 2.40. The highest BCUT2D eigenvalue weighted by atomic mass is 16.2. The standard InChI is InChI=1S/C17H24N2O/c1-3-15-17(20)19(11-13-5-4-6-13)16(18-15)14-9-7-12(2)8-10-14/h7-10,13,15-16,18H,3-6,11H2,1-2H3. The van der Waals surface area contributed by atoms with E-state index in [2.05, 4.69) is 48.3 Å². The van der Waals surface area contributed by atoms with Crippen molar-refractivity contribution in [2.45, 2.75) is 51.7 Å². The molecule has 1 aliphatic carbocycles. The molecular formula is C17H24N2O. The Labute approximate surface area is 121 Å². The number of hydrogen-bond donors (Lipinski definition) is 1. The van der Waals surface area contributed by atoms with Gasteiger partial charge in [-0.3, -0.25) is 10.1 Å². The summed E-state index contributed by atoms with van der Waals surface area (Å²) in [6.07, 6.45) is 4.81. The molecule has 1 amide bonds. The molecule has 1 saturated heterocycles. The molecular weight excluding hydrogens is 248 g/mol. The first-order chi connectivity index (χ1) is 9.69. The fourth-order valence-electron chi connectivity index (χ4n) is 3.15. The Morgan fingerprint density at radius 3 is 2.50 bits per heavy atom. The fourth-order valence-corrected chi connectivity index (χ4v) is 3.15. The minimum Gasteiger partial charge on any atom is -0.321 e.